The van der Waals surface area contributed by atoms with Crippen molar-refractivity contribution in [1.29, 1.82) is 5.26 Å². The Bertz CT molecular complexity index is 738. The van der Waals surface area contributed by atoms with Crippen LogP contribution >= 0.6 is 11.6 Å². The number of carbonyl (C=O) groups is 1. The van der Waals surface area contributed by atoms with E-state index in [1.165, 1.54) is 6.08 Å². The number of nitrogens with one attached hydrogen (secondary N) is 1. The van der Waals surface area contributed by atoms with Crippen molar-refractivity contribution in [3.63, 3.8) is 0 Å². The van der Waals surface area contributed by atoms with Crippen LogP contribution in [-0.2, 0) is 11.8 Å². The fourth-order valence-corrected chi connectivity index (χ4v) is 1.92. The quantitative estimate of drug-likeness (QED) is 0.700. The van der Waals surface area contributed by atoms with Gasteiger partial charge in [-0.25, -0.2) is 0 Å². The third-order valence-electron chi connectivity index (χ3n) is 2.82. The average Bonchev–Trinajstić information content (AvgIpc) is 2.76. The Morgan fingerprint density at radius 1 is 1.43 bits per heavy atom. The van der Waals surface area contributed by atoms with E-state index >= 15 is 0 Å². The maximum atomic E-state index is 12.1. The molecule has 0 saturated heterocycles. The van der Waals surface area contributed by atoms with Crippen LogP contribution in [0, 0.1) is 18.3 Å². The van der Waals surface area contributed by atoms with Crippen LogP contribution in [-0.4, -0.2) is 15.7 Å². The molecule has 0 atom stereocenters. The highest BCUT2D eigenvalue weighted by Crippen LogP contribution is 2.15. The fourth-order valence-electron chi connectivity index (χ4n) is 1.80. The van der Waals surface area contributed by atoms with Crippen molar-refractivity contribution in [2.75, 3.05) is 5.32 Å². The summed E-state index contributed by atoms with van der Waals surface area (Å²) in [6.07, 6.45) is 3.27. The lowest BCUT2D eigenvalue weighted by atomic mass is 10.1. The second-order valence-electron chi connectivity index (χ2n) is 4.47. The molecule has 0 aliphatic rings. The zero-order valence-corrected chi connectivity index (χ0v) is 12.3. The van der Waals surface area contributed by atoms with E-state index in [1.54, 1.807) is 42.2 Å². The third kappa shape index (κ3) is 3.71. The maximum absolute atomic E-state index is 12.1. The van der Waals surface area contributed by atoms with Gasteiger partial charge in [-0.05, 0) is 37.3 Å². The first-order valence-electron chi connectivity index (χ1n) is 6.18. The van der Waals surface area contributed by atoms with E-state index in [1.807, 2.05) is 13.0 Å². The van der Waals surface area contributed by atoms with E-state index < -0.39 is 5.91 Å². The number of hydrogen-bond acceptors (Lipinski definition) is 3. The van der Waals surface area contributed by atoms with E-state index in [0.29, 0.717) is 10.7 Å². The largest absolute Gasteiger partial charge is 0.321 e. The van der Waals surface area contributed by atoms with Gasteiger partial charge in [-0.2, -0.15) is 10.4 Å². The predicted molar refractivity (Wildman–Crippen MR) is 81.6 cm³/mol. The monoisotopic (exact) mass is 300 g/mol. The van der Waals surface area contributed by atoms with E-state index in [0.717, 1.165) is 11.3 Å². The van der Waals surface area contributed by atoms with Crippen LogP contribution in [0.3, 0.4) is 0 Å². The Morgan fingerprint density at radius 2 is 2.10 bits per heavy atom. The van der Waals surface area contributed by atoms with Crippen molar-refractivity contribution in [3.05, 3.63) is 52.3 Å². The molecule has 2 rings (SSSR count). The van der Waals surface area contributed by atoms with Gasteiger partial charge in [0.1, 0.15) is 11.6 Å². The number of hydrogen-bond donors (Lipinski definition) is 1. The van der Waals surface area contributed by atoms with Crippen molar-refractivity contribution in [3.8, 4) is 6.07 Å². The molecule has 0 bridgehead atoms. The number of aryl methyl sites for hydroxylation is 2. The van der Waals surface area contributed by atoms with E-state index in [9.17, 15) is 4.79 Å². The molecule has 0 radical (unpaired) electrons. The molecule has 1 heterocycles. The Balaban J connectivity index is 2.21. The van der Waals surface area contributed by atoms with Crippen molar-refractivity contribution in [2.24, 2.45) is 7.05 Å². The standard InChI is InChI=1S/C15H13ClN4O/c1-10-12(9-20(2)19-10)7-11(8-17)15(21)18-14-5-3-13(16)4-6-14/h3-7,9H,1-2H3,(H,18,21)/b11-7+. The lowest BCUT2D eigenvalue weighted by molar-refractivity contribution is -0.112. The molecule has 0 unspecified atom stereocenters. The predicted octanol–water partition coefficient (Wildman–Crippen LogP) is 2.93. The van der Waals surface area contributed by atoms with Gasteiger partial charge in [0, 0.05) is 29.5 Å². The summed E-state index contributed by atoms with van der Waals surface area (Å²) in [6.45, 7) is 1.82. The molecule has 2 aromatic rings. The zero-order chi connectivity index (χ0) is 15.4. The number of halogens is 1. The summed E-state index contributed by atoms with van der Waals surface area (Å²) in [6, 6.07) is 8.58. The van der Waals surface area contributed by atoms with Crippen LogP contribution in [0.5, 0.6) is 0 Å². The summed E-state index contributed by atoms with van der Waals surface area (Å²) < 4.78 is 1.63. The Labute approximate surface area is 127 Å². The Kier molecular flexibility index (Phi) is 4.41. The van der Waals surface area contributed by atoms with Gasteiger partial charge in [0.05, 0.1) is 5.69 Å². The first-order valence-corrected chi connectivity index (χ1v) is 6.56. The molecule has 5 nitrogen and oxygen atoms in total. The van der Waals surface area contributed by atoms with Crippen LogP contribution in [0.25, 0.3) is 6.08 Å². The average molecular weight is 301 g/mol. The van der Waals surface area contributed by atoms with Gasteiger partial charge in [0.2, 0.25) is 0 Å². The zero-order valence-electron chi connectivity index (χ0n) is 11.6. The molecular formula is C15H13ClN4O. The lowest BCUT2D eigenvalue weighted by Crippen LogP contribution is -2.13. The van der Waals surface area contributed by atoms with E-state index in [2.05, 4.69) is 10.4 Å². The first kappa shape index (κ1) is 14.8. The summed E-state index contributed by atoms with van der Waals surface area (Å²) >= 11 is 5.78. The summed E-state index contributed by atoms with van der Waals surface area (Å²) in [7, 11) is 1.78. The number of nitriles is 1. The van der Waals surface area contributed by atoms with Gasteiger partial charge in [-0.1, -0.05) is 11.6 Å². The minimum absolute atomic E-state index is 0.0149. The SMILES string of the molecule is Cc1nn(C)cc1/C=C(\C#N)C(=O)Nc1ccc(Cl)cc1. The molecule has 1 N–H and O–H groups in total. The summed E-state index contributed by atoms with van der Waals surface area (Å²) in [5.41, 5.74) is 2.08. The van der Waals surface area contributed by atoms with Crippen LogP contribution in [0.15, 0.2) is 36.0 Å². The number of benzene rings is 1. The molecule has 1 aromatic heterocycles. The van der Waals surface area contributed by atoms with Gasteiger partial charge in [-0.15, -0.1) is 0 Å². The molecule has 6 heteroatoms. The highest BCUT2D eigenvalue weighted by Gasteiger charge is 2.11. The van der Waals surface area contributed by atoms with Crippen LogP contribution in [0.4, 0.5) is 5.69 Å². The molecule has 0 aliphatic heterocycles. The second kappa shape index (κ2) is 6.25. The van der Waals surface area contributed by atoms with Gasteiger partial charge < -0.3 is 5.32 Å². The first-order chi connectivity index (χ1) is 9.99. The number of amides is 1. The second-order valence-corrected chi connectivity index (χ2v) is 4.91. The van der Waals surface area contributed by atoms with Crippen molar-refractivity contribution in [2.45, 2.75) is 6.92 Å². The molecule has 1 amide bonds. The molecule has 21 heavy (non-hydrogen) atoms. The summed E-state index contributed by atoms with van der Waals surface area (Å²) in [4.78, 5) is 12.1. The number of nitrogens with zero attached hydrogens (tertiary/aromatic N) is 3. The van der Waals surface area contributed by atoms with Gasteiger partial charge in [-0.3, -0.25) is 9.48 Å². The summed E-state index contributed by atoms with van der Waals surface area (Å²) in [5, 5.41) is 16.5. The van der Waals surface area contributed by atoms with Gasteiger partial charge >= 0.3 is 0 Å². The number of rotatable bonds is 3. The Morgan fingerprint density at radius 3 is 2.62 bits per heavy atom. The minimum Gasteiger partial charge on any atom is -0.321 e. The van der Waals surface area contributed by atoms with Crippen molar-refractivity contribution >= 4 is 29.3 Å². The molecular weight excluding hydrogens is 288 g/mol. The van der Waals surface area contributed by atoms with Gasteiger partial charge in [0.15, 0.2) is 0 Å². The molecule has 0 fully saturated rings. The molecule has 0 aliphatic carbocycles. The number of aromatic nitrogens is 2. The van der Waals surface area contributed by atoms with Crippen LogP contribution in [0.2, 0.25) is 5.02 Å². The molecule has 106 valence electrons. The lowest BCUT2D eigenvalue weighted by Gasteiger charge is -2.04. The summed E-state index contributed by atoms with van der Waals surface area (Å²) in [5.74, 6) is -0.469. The highest BCUT2D eigenvalue weighted by molar-refractivity contribution is 6.30. The highest BCUT2D eigenvalue weighted by atomic mass is 35.5. The molecule has 1 aromatic carbocycles. The topological polar surface area (TPSA) is 70.7 Å². The van der Waals surface area contributed by atoms with Gasteiger partial charge in [0.25, 0.3) is 5.91 Å². The van der Waals surface area contributed by atoms with E-state index in [-0.39, 0.29) is 5.57 Å². The molecule has 0 saturated carbocycles. The molecule has 0 spiro atoms. The van der Waals surface area contributed by atoms with Crippen molar-refractivity contribution in [1.82, 2.24) is 9.78 Å². The van der Waals surface area contributed by atoms with E-state index in [4.69, 9.17) is 16.9 Å². The number of carbonyl (C=O) groups excluding carboxylic acids is 1. The number of anilines is 1. The minimum atomic E-state index is -0.469. The van der Waals surface area contributed by atoms with Crippen LogP contribution < -0.4 is 5.32 Å². The fraction of sp³-hybridized carbons (Fsp3) is 0.133. The smallest absolute Gasteiger partial charge is 0.266 e. The normalized spacial score (nSPS) is 11.0. The van der Waals surface area contributed by atoms with Crippen molar-refractivity contribution < 1.29 is 4.79 Å². The Hall–Kier alpha value is -2.58. The van der Waals surface area contributed by atoms with Crippen LogP contribution in [0.1, 0.15) is 11.3 Å². The third-order valence-corrected chi connectivity index (χ3v) is 3.07. The maximum Gasteiger partial charge on any atom is 0.266 e.